The number of alkyl halides is 3. The molecule has 26 heavy (non-hydrogen) atoms. The molecule has 0 bridgehead atoms. The Kier molecular flexibility index (Phi) is 4.50. The van der Waals surface area contributed by atoms with Crippen LogP contribution in [0, 0.1) is 5.92 Å². The van der Waals surface area contributed by atoms with Crippen LogP contribution in [-0.2, 0) is 33.7 Å². The minimum Gasteiger partial charge on any atom is -0.477 e. The number of ether oxygens (including phenoxy) is 1. The zero-order chi connectivity index (χ0) is 19.3. The highest BCUT2D eigenvalue weighted by atomic mass is 32.2. The smallest absolute Gasteiger partial charge is 0.435 e. The van der Waals surface area contributed by atoms with Crippen molar-refractivity contribution in [3.05, 3.63) is 22.4 Å². The Morgan fingerprint density at radius 1 is 1.42 bits per heavy atom. The number of nitrogens with one attached hydrogen (secondary N) is 1. The first-order valence-electron chi connectivity index (χ1n) is 8.04. The quantitative estimate of drug-likeness (QED) is 0.796. The second-order valence-corrected chi connectivity index (χ2v) is 9.04. The highest BCUT2D eigenvalue weighted by Crippen LogP contribution is 2.38. The van der Waals surface area contributed by atoms with Gasteiger partial charge in [-0.05, 0) is 38.7 Å². The van der Waals surface area contributed by atoms with Crippen molar-refractivity contribution >= 4 is 9.84 Å². The third-order valence-corrected chi connectivity index (χ3v) is 5.61. The Morgan fingerprint density at radius 2 is 2.08 bits per heavy atom. The number of sulfone groups is 1. The molecular formula is C15H20F3N3O4S. The van der Waals surface area contributed by atoms with Crippen molar-refractivity contribution < 1.29 is 31.2 Å². The van der Waals surface area contributed by atoms with Gasteiger partial charge in [0.05, 0.1) is 17.9 Å². The number of hydrogen-bond acceptors (Lipinski definition) is 6. The molecule has 0 spiro atoms. The van der Waals surface area contributed by atoms with E-state index in [9.17, 15) is 21.6 Å². The van der Waals surface area contributed by atoms with Crippen molar-refractivity contribution in [1.29, 1.82) is 0 Å². The van der Waals surface area contributed by atoms with E-state index >= 15 is 0 Å². The van der Waals surface area contributed by atoms with Gasteiger partial charge in [0.1, 0.15) is 5.60 Å². The van der Waals surface area contributed by atoms with E-state index in [-0.39, 0.29) is 23.4 Å². The van der Waals surface area contributed by atoms with Crippen LogP contribution in [0.3, 0.4) is 0 Å². The largest absolute Gasteiger partial charge is 0.477 e. The molecule has 1 aliphatic carbocycles. The summed E-state index contributed by atoms with van der Waals surface area (Å²) in [7, 11) is -2.81. The van der Waals surface area contributed by atoms with Crippen LogP contribution in [0.4, 0.5) is 13.2 Å². The molecule has 1 aromatic rings. The summed E-state index contributed by atoms with van der Waals surface area (Å²) in [5, 5.41) is 3.18. The lowest BCUT2D eigenvalue weighted by molar-refractivity contribution is -0.141. The molecule has 1 saturated carbocycles. The first-order valence-corrected chi connectivity index (χ1v) is 9.70. The maximum atomic E-state index is 13.3. The van der Waals surface area contributed by atoms with Crippen LogP contribution in [0.15, 0.2) is 11.1 Å². The van der Waals surface area contributed by atoms with Crippen molar-refractivity contribution in [2.45, 2.75) is 44.2 Å². The zero-order valence-electron chi connectivity index (χ0n) is 14.6. The van der Waals surface area contributed by atoms with Crippen LogP contribution in [-0.4, -0.2) is 30.4 Å². The average Bonchev–Trinajstić information content (AvgIpc) is 3.16. The molecule has 0 radical (unpaired) electrons. The average molecular weight is 395 g/mol. The number of aromatic nitrogens is 2. The van der Waals surface area contributed by atoms with E-state index in [1.807, 2.05) is 0 Å². The number of hydroxylamine groups is 1. The summed E-state index contributed by atoms with van der Waals surface area (Å²) in [6, 6.07) is 0. The Labute approximate surface area is 149 Å². The molecule has 0 amide bonds. The van der Waals surface area contributed by atoms with E-state index in [0.29, 0.717) is 0 Å². The number of aryl methyl sites for hydroxylation is 1. The van der Waals surface area contributed by atoms with Crippen LogP contribution in [0.5, 0.6) is 5.88 Å². The number of nitrogens with zero attached hydrogens (tertiary/aromatic N) is 2. The third kappa shape index (κ3) is 3.98. The van der Waals surface area contributed by atoms with Crippen LogP contribution < -0.4 is 10.2 Å². The highest BCUT2D eigenvalue weighted by Gasteiger charge is 2.42. The summed E-state index contributed by atoms with van der Waals surface area (Å²) < 4.78 is 71.7. The van der Waals surface area contributed by atoms with Gasteiger partial charge in [-0.15, -0.1) is 0 Å². The van der Waals surface area contributed by atoms with Crippen molar-refractivity contribution in [3.63, 3.8) is 0 Å². The highest BCUT2D eigenvalue weighted by molar-refractivity contribution is 7.94. The molecule has 146 valence electrons. The standard InChI is InChI=1S/C15H20F3N3O4S/c1-14(2)6-11(20-25-14)26(22,23)8-10-12(15(16,17)18)19-21(3)13(10)24-7-9-4-5-9/h6,9,20H,4-5,7-8H2,1-3H3. The fraction of sp³-hybridized carbons (Fsp3) is 0.667. The van der Waals surface area contributed by atoms with Gasteiger partial charge in [-0.2, -0.15) is 18.3 Å². The van der Waals surface area contributed by atoms with Crippen LogP contribution in [0.25, 0.3) is 0 Å². The monoisotopic (exact) mass is 395 g/mol. The van der Waals surface area contributed by atoms with Crippen molar-refractivity contribution in [2.75, 3.05) is 6.61 Å². The second kappa shape index (κ2) is 6.15. The van der Waals surface area contributed by atoms with Crippen molar-refractivity contribution in [2.24, 2.45) is 13.0 Å². The lowest BCUT2D eigenvalue weighted by Gasteiger charge is -2.12. The summed E-state index contributed by atoms with van der Waals surface area (Å²) in [5.41, 5.74) is -0.352. The van der Waals surface area contributed by atoms with E-state index in [1.54, 1.807) is 13.8 Å². The normalized spacial score (nSPS) is 20.0. The van der Waals surface area contributed by atoms with Crippen molar-refractivity contribution in [3.8, 4) is 5.88 Å². The first kappa shape index (κ1) is 19.0. The van der Waals surface area contributed by atoms with E-state index in [4.69, 9.17) is 9.57 Å². The molecule has 1 aromatic heterocycles. The lowest BCUT2D eigenvalue weighted by Crippen LogP contribution is -2.23. The molecule has 11 heteroatoms. The second-order valence-electron chi connectivity index (χ2n) is 7.08. The van der Waals surface area contributed by atoms with Gasteiger partial charge in [-0.3, -0.25) is 10.3 Å². The fourth-order valence-corrected chi connectivity index (χ4v) is 3.98. The van der Waals surface area contributed by atoms with Gasteiger partial charge in [0.25, 0.3) is 0 Å². The maximum absolute atomic E-state index is 13.3. The number of hydrogen-bond donors (Lipinski definition) is 1. The fourth-order valence-electron chi connectivity index (χ4n) is 2.55. The Morgan fingerprint density at radius 3 is 2.58 bits per heavy atom. The molecule has 1 fully saturated rings. The van der Waals surface area contributed by atoms with E-state index in [0.717, 1.165) is 17.5 Å². The Bertz CT molecular complexity index is 839. The van der Waals surface area contributed by atoms with Gasteiger partial charge in [-0.1, -0.05) is 0 Å². The summed E-state index contributed by atoms with van der Waals surface area (Å²) in [6.07, 6.45) is -1.59. The molecular weight excluding hydrogens is 375 g/mol. The number of halogens is 3. The van der Waals surface area contributed by atoms with E-state index in [2.05, 4.69) is 10.6 Å². The SMILES string of the molecule is Cn1nc(C(F)(F)F)c(CS(=O)(=O)C2=CC(C)(C)ON2)c1OCC1CC1. The van der Waals surface area contributed by atoms with Crippen LogP contribution in [0.1, 0.15) is 37.9 Å². The molecule has 1 aliphatic heterocycles. The van der Waals surface area contributed by atoms with Gasteiger partial charge in [0.2, 0.25) is 5.88 Å². The Balaban J connectivity index is 1.96. The molecule has 1 N–H and O–H groups in total. The predicted molar refractivity (Wildman–Crippen MR) is 85.4 cm³/mol. The molecule has 0 atom stereocenters. The topological polar surface area (TPSA) is 82.5 Å². The molecule has 0 unspecified atom stereocenters. The van der Waals surface area contributed by atoms with Crippen molar-refractivity contribution in [1.82, 2.24) is 15.3 Å². The minimum atomic E-state index is -4.79. The molecule has 2 heterocycles. The molecule has 0 saturated heterocycles. The number of rotatable bonds is 6. The van der Waals surface area contributed by atoms with Gasteiger partial charge in [0.15, 0.2) is 20.6 Å². The molecule has 7 nitrogen and oxygen atoms in total. The van der Waals surface area contributed by atoms with Gasteiger partial charge < -0.3 is 4.74 Å². The van der Waals surface area contributed by atoms with E-state index in [1.165, 1.54) is 13.1 Å². The first-order chi connectivity index (χ1) is 11.9. The molecule has 0 aromatic carbocycles. The lowest BCUT2D eigenvalue weighted by atomic mass is 10.1. The van der Waals surface area contributed by atoms with Gasteiger partial charge in [-0.25, -0.2) is 13.1 Å². The molecule has 3 rings (SSSR count). The predicted octanol–water partition coefficient (Wildman–Crippen LogP) is 2.30. The molecule has 2 aliphatic rings. The minimum absolute atomic E-state index is 0.174. The summed E-state index contributed by atoms with van der Waals surface area (Å²) in [5.74, 6) is -0.780. The van der Waals surface area contributed by atoms with E-state index < -0.39 is 38.6 Å². The van der Waals surface area contributed by atoms with Crippen LogP contribution in [0.2, 0.25) is 0 Å². The summed E-state index contributed by atoms with van der Waals surface area (Å²) >= 11 is 0. The Hall–Kier alpha value is -1.75. The summed E-state index contributed by atoms with van der Waals surface area (Å²) in [4.78, 5) is 5.10. The van der Waals surface area contributed by atoms with Gasteiger partial charge in [0, 0.05) is 7.05 Å². The summed E-state index contributed by atoms with van der Waals surface area (Å²) in [6.45, 7) is 3.48. The van der Waals surface area contributed by atoms with Crippen LogP contribution >= 0.6 is 0 Å². The zero-order valence-corrected chi connectivity index (χ0v) is 15.4. The third-order valence-electron chi connectivity index (χ3n) is 4.07. The van der Waals surface area contributed by atoms with Gasteiger partial charge >= 0.3 is 6.18 Å². The maximum Gasteiger partial charge on any atom is 0.435 e.